The predicted octanol–water partition coefficient (Wildman–Crippen LogP) is 7.18. The number of nitro groups is 1. The molecule has 0 fully saturated rings. The van der Waals surface area contributed by atoms with Crippen LogP contribution < -0.4 is 90.2 Å². The number of alkyl carbamates (subject to hydrolysis) is 3. The van der Waals surface area contributed by atoms with Crippen LogP contribution in [-0.4, -0.2) is 180 Å². The number of carbonyl (C=O) groups excluding carboxylic acids is 13. The van der Waals surface area contributed by atoms with Gasteiger partial charge in [-0.3, -0.25) is 68.9 Å². The van der Waals surface area contributed by atoms with Crippen LogP contribution in [0.5, 0.6) is 11.5 Å². The van der Waals surface area contributed by atoms with Crippen molar-refractivity contribution in [1.82, 2.24) is 74.9 Å². The lowest BCUT2D eigenvalue weighted by Gasteiger charge is -2.27. The number of rotatable bonds is 41. The molecule has 0 saturated heterocycles. The molecule has 0 aliphatic carbocycles. The third kappa shape index (κ3) is 41.4. The number of nitrogens with two attached hydrogens (primary N) is 1. The minimum Gasteiger partial charge on any atom is -0.493 e. The summed E-state index contributed by atoms with van der Waals surface area (Å²) in [6.07, 6.45) is 0.622. The van der Waals surface area contributed by atoms with Gasteiger partial charge in [-0.15, -0.1) is 0 Å². The van der Waals surface area contributed by atoms with Crippen LogP contribution in [0.15, 0.2) is 108 Å². The summed E-state index contributed by atoms with van der Waals surface area (Å²) in [7, 11) is 2.90. The summed E-state index contributed by atoms with van der Waals surface area (Å²) in [4.78, 5) is 177. The van der Waals surface area contributed by atoms with Crippen LogP contribution in [0, 0.1) is 27.9 Å². The van der Waals surface area contributed by atoms with Crippen molar-refractivity contribution in [1.29, 1.82) is 0 Å². The predicted molar refractivity (Wildman–Crippen MR) is 464 cm³/mol. The summed E-state index contributed by atoms with van der Waals surface area (Å²) in [5.74, 6) is -0.358. The summed E-state index contributed by atoms with van der Waals surface area (Å²) in [6, 6.07) is 20.4. The smallest absolute Gasteiger partial charge is 0.408 e. The number of carbonyl (C=O) groups is 13. The molecule has 37 heteroatoms. The van der Waals surface area contributed by atoms with E-state index in [0.29, 0.717) is 31.4 Å². The lowest BCUT2D eigenvalue weighted by atomic mass is 9.98. The quantitative estimate of drug-likeness (QED) is 0.00398. The van der Waals surface area contributed by atoms with Crippen molar-refractivity contribution in [2.24, 2.45) is 28.7 Å². The van der Waals surface area contributed by atoms with Crippen molar-refractivity contribution >= 4 is 88.8 Å². The molecule has 0 saturated carbocycles. The van der Waals surface area contributed by atoms with E-state index in [1.54, 1.807) is 114 Å². The third-order valence-electron chi connectivity index (χ3n) is 18.5. The standard InChI is InChI=1S/C37H55N7O10.C26H41N5O5.C23H37N5O5/c1-10-22(2)32(41-33(46)24(4)39-34(47)27(19-25-15-12-11-13-16-25)40-36(49)54-37(5,6)7)35(48)43-42-23(3)26-20-29(52-9)30(21-28(26)44(50)51)53-18-14-17-31(45)38-8;1-9-17(4)21(24(34)31-30-16(2)3)29-22(32)18(5)27-23(33)20(15-19-13-11-10-12-14-19)28-25(35)36-26(6,7)8;1-7-14(2)18(21(31)28-24)27-19(29)15(3)25-20(30)17(13-16-11-9-8-10-12-16)26-22(32)33-23(4,5)6/h11-13,15-16,20-24,27,32,42H,10,14,17-19H2,1-9H3,(H,38,45)(H,39,47)(H,40,49)(H,41,46)(H,43,48);10-14,17-18,20-21H,9,15H2,1-8H3,(H,27,33)(H,28,35)(H,29,32)(H,31,34);8-12,14-15,17-18H,7,13,24H2,1-6H3,(H,25,30)(H,26,32)(H,27,29)(H,28,31)/t22-,23?,24+,27-,32-;17-,18+,20-,21-;14-,15+,17-,18-/m000/s1. The number of hydrazine groups is 2. The third-order valence-corrected chi connectivity index (χ3v) is 18.5. The number of nitrogens with one attached hydrogen (secondary N) is 14. The SMILES string of the molecule is CC[C@H](C)[C@H](NC(=O)[C@@H](C)NC(=O)[C@H](Cc1ccccc1)NC(=O)OC(C)(C)C)C(=O)NN.CC[C@H](C)[C@H](NC(=O)[C@@H](C)NC(=O)[C@H](Cc1ccccc1)NC(=O)OC(C)(C)C)C(=O)NN=C(C)C.CC[C@H](C)[C@H](NC(=O)[C@@H](C)NC(=O)[C@H](Cc1ccccc1)NC(=O)OC(C)(C)C)C(=O)NNC(C)c1cc(OC)c(OCCCC(=O)NC)cc1[N+](=O)[O-]. The zero-order chi connectivity index (χ0) is 93.2. The Balaban J connectivity index is 0.000000652. The van der Waals surface area contributed by atoms with Gasteiger partial charge in [0.05, 0.1) is 36.3 Å². The summed E-state index contributed by atoms with van der Waals surface area (Å²) in [5.41, 5.74) is 10.5. The van der Waals surface area contributed by atoms with E-state index in [1.165, 1.54) is 47.1 Å². The highest BCUT2D eigenvalue weighted by molar-refractivity contribution is 5.96. The van der Waals surface area contributed by atoms with Gasteiger partial charge in [0.2, 0.25) is 41.4 Å². The minimum atomic E-state index is -1.11. The van der Waals surface area contributed by atoms with Gasteiger partial charge in [0, 0.05) is 38.4 Å². The van der Waals surface area contributed by atoms with Crippen LogP contribution in [-0.2, 0) is 81.4 Å². The monoisotopic (exact) mass is 1720 g/mol. The summed E-state index contributed by atoms with van der Waals surface area (Å²) in [6.45, 7) is 36.1. The van der Waals surface area contributed by atoms with Crippen molar-refractivity contribution in [3.63, 3.8) is 0 Å². The van der Waals surface area contributed by atoms with Gasteiger partial charge in [-0.1, -0.05) is 152 Å². The molecule has 37 nitrogen and oxygen atoms in total. The molecule has 0 aliphatic heterocycles. The number of nitro benzene ring substituents is 1. The molecule has 4 aromatic rings. The van der Waals surface area contributed by atoms with Gasteiger partial charge in [-0.25, -0.2) is 31.1 Å². The Bertz CT molecular complexity index is 4140. The average molecular weight is 1730 g/mol. The zero-order valence-electron chi connectivity index (χ0n) is 75.3. The summed E-state index contributed by atoms with van der Waals surface area (Å²) in [5, 5.41) is 42.1. The Kier molecular flexibility index (Phi) is 46.1. The van der Waals surface area contributed by atoms with E-state index < -0.39 is 154 Å². The van der Waals surface area contributed by atoms with Gasteiger partial charge in [0.25, 0.3) is 23.4 Å². The van der Waals surface area contributed by atoms with E-state index in [1.807, 2.05) is 107 Å². The summed E-state index contributed by atoms with van der Waals surface area (Å²) >= 11 is 0. The highest BCUT2D eigenvalue weighted by Gasteiger charge is 2.36. The first-order valence-corrected chi connectivity index (χ1v) is 41.0. The van der Waals surface area contributed by atoms with E-state index in [2.05, 4.69) is 74.5 Å². The molecule has 4 aromatic carbocycles. The number of methoxy groups -OCH3 is 1. The Morgan fingerprint density at radius 3 is 1.11 bits per heavy atom. The highest BCUT2D eigenvalue weighted by atomic mass is 16.6. The molecule has 0 radical (unpaired) electrons. The largest absolute Gasteiger partial charge is 0.493 e. The molecule has 1 unspecified atom stereocenters. The Morgan fingerprint density at radius 2 is 0.805 bits per heavy atom. The first-order valence-electron chi connectivity index (χ1n) is 41.0. The van der Waals surface area contributed by atoms with Crippen LogP contribution in [0.3, 0.4) is 0 Å². The second-order valence-corrected chi connectivity index (χ2v) is 32.8. The normalized spacial score (nSPS) is 14.2. The Morgan fingerprint density at radius 1 is 0.463 bits per heavy atom. The van der Waals surface area contributed by atoms with E-state index >= 15 is 0 Å². The van der Waals surface area contributed by atoms with E-state index in [-0.39, 0.29) is 78.7 Å². The van der Waals surface area contributed by atoms with Gasteiger partial charge >= 0.3 is 18.3 Å². The van der Waals surface area contributed by atoms with Crippen molar-refractivity contribution in [3.8, 4) is 11.5 Å². The fraction of sp³-hybridized carbons (Fsp3) is 0.558. The molecule has 13 amide bonds. The van der Waals surface area contributed by atoms with Gasteiger partial charge in [-0.2, -0.15) is 5.10 Å². The fourth-order valence-corrected chi connectivity index (χ4v) is 11.1. The fourth-order valence-electron chi connectivity index (χ4n) is 11.1. The van der Waals surface area contributed by atoms with Crippen LogP contribution in [0.25, 0.3) is 0 Å². The van der Waals surface area contributed by atoms with Gasteiger partial charge in [-0.05, 0) is 151 Å². The topological polar surface area (TPSA) is 518 Å². The Labute approximate surface area is 721 Å². The van der Waals surface area contributed by atoms with Crippen molar-refractivity contribution in [2.75, 3.05) is 20.8 Å². The van der Waals surface area contributed by atoms with Crippen LogP contribution in [0.4, 0.5) is 20.1 Å². The molecule has 0 spiro atoms. The maximum atomic E-state index is 13.5. The van der Waals surface area contributed by atoms with Crippen molar-refractivity contribution in [2.45, 2.75) is 274 Å². The first-order chi connectivity index (χ1) is 57.5. The number of ether oxygens (including phenoxy) is 5. The molecular weight excluding hydrogens is 1590 g/mol. The maximum absolute atomic E-state index is 13.5. The number of hydrogen-bond acceptors (Lipinski definition) is 23. The van der Waals surface area contributed by atoms with Crippen LogP contribution in [0.2, 0.25) is 0 Å². The average Bonchev–Trinajstić information content (AvgIpc) is 0.804. The Hall–Kier alpha value is -12.0. The number of hydrogen-bond donors (Lipinski definition) is 15. The molecule has 0 aromatic heterocycles. The molecule has 682 valence electrons. The lowest BCUT2D eigenvalue weighted by Crippen LogP contribution is -2.58. The van der Waals surface area contributed by atoms with Crippen LogP contribution >= 0.6 is 0 Å². The zero-order valence-corrected chi connectivity index (χ0v) is 75.3. The van der Waals surface area contributed by atoms with Gasteiger partial charge in [0.1, 0.15) is 71.2 Å². The number of hydrazone groups is 1. The number of amides is 13. The van der Waals surface area contributed by atoms with Crippen LogP contribution in [0.1, 0.15) is 206 Å². The summed E-state index contributed by atoms with van der Waals surface area (Å²) < 4.78 is 27.0. The van der Waals surface area contributed by atoms with E-state index in [0.717, 1.165) is 16.7 Å². The second kappa shape index (κ2) is 53.0. The molecule has 4 rings (SSSR count). The molecule has 16 N–H and O–H groups in total. The second-order valence-electron chi connectivity index (χ2n) is 32.8. The molecule has 0 heterocycles. The first kappa shape index (κ1) is 107. The highest BCUT2D eigenvalue weighted by Crippen LogP contribution is 2.38. The molecular formula is C86H133N17O20. The number of benzene rings is 4. The van der Waals surface area contributed by atoms with Crippen molar-refractivity contribution < 1.29 is 90.9 Å². The molecule has 123 heavy (non-hydrogen) atoms. The van der Waals surface area contributed by atoms with Gasteiger partial charge < -0.3 is 76.9 Å². The minimum absolute atomic E-state index is 0.117. The van der Waals surface area contributed by atoms with E-state index in [9.17, 15) is 72.4 Å². The van der Waals surface area contributed by atoms with Gasteiger partial charge in [0.15, 0.2) is 11.5 Å². The lowest BCUT2D eigenvalue weighted by molar-refractivity contribution is -0.385. The molecule has 13 atom stereocenters. The maximum Gasteiger partial charge on any atom is 0.408 e. The molecule has 0 bridgehead atoms. The number of nitrogens with zero attached hydrogens (tertiary/aromatic N) is 2. The van der Waals surface area contributed by atoms with Crippen molar-refractivity contribution in [3.05, 3.63) is 135 Å². The van der Waals surface area contributed by atoms with E-state index in [4.69, 9.17) is 29.5 Å². The molecule has 0 aliphatic rings.